The predicted molar refractivity (Wildman–Crippen MR) is 94.8 cm³/mol. The number of benzene rings is 2. The number of rotatable bonds is 6. The van der Waals surface area contributed by atoms with E-state index < -0.39 is 5.97 Å². The number of carbonyl (C=O) groups excluding carboxylic acids is 2. The highest BCUT2D eigenvalue weighted by Gasteiger charge is 2.17. The van der Waals surface area contributed by atoms with Crippen molar-refractivity contribution in [3.8, 4) is 11.5 Å². The number of Topliss-reactive ketones (excluding diaryl/α,β-unsaturated/α-hetero) is 1. The summed E-state index contributed by atoms with van der Waals surface area (Å²) in [5, 5.41) is 0. The second-order valence-corrected chi connectivity index (χ2v) is 5.84. The van der Waals surface area contributed by atoms with Crippen LogP contribution in [-0.2, 0) is 4.74 Å². The van der Waals surface area contributed by atoms with E-state index in [9.17, 15) is 9.59 Å². The van der Waals surface area contributed by atoms with E-state index in [1.165, 1.54) is 14.2 Å². The molecule has 0 aliphatic heterocycles. The van der Waals surface area contributed by atoms with Crippen LogP contribution in [0.15, 0.2) is 30.3 Å². The van der Waals surface area contributed by atoms with Gasteiger partial charge in [-0.1, -0.05) is 17.7 Å². The predicted octanol–water partition coefficient (Wildman–Crippen LogP) is 3.67. The Morgan fingerprint density at radius 3 is 2.04 bits per heavy atom. The zero-order valence-corrected chi connectivity index (χ0v) is 15.1. The van der Waals surface area contributed by atoms with Gasteiger partial charge in [0.25, 0.3) is 0 Å². The van der Waals surface area contributed by atoms with Gasteiger partial charge >= 0.3 is 5.97 Å². The molecule has 0 aromatic heterocycles. The first-order valence-corrected chi connectivity index (χ1v) is 7.87. The molecule has 5 nitrogen and oxygen atoms in total. The molecule has 0 aliphatic rings. The third-order valence-corrected chi connectivity index (χ3v) is 3.92. The van der Waals surface area contributed by atoms with E-state index >= 15 is 0 Å². The van der Waals surface area contributed by atoms with Gasteiger partial charge in [0, 0.05) is 5.56 Å². The Labute approximate surface area is 147 Å². The summed E-state index contributed by atoms with van der Waals surface area (Å²) in [6.07, 6.45) is 0. The molecule has 0 bridgehead atoms. The van der Waals surface area contributed by atoms with Crippen LogP contribution in [0.4, 0.5) is 0 Å². The number of methoxy groups -OCH3 is 2. The molecular weight excluding hydrogens is 320 g/mol. The van der Waals surface area contributed by atoms with Crippen molar-refractivity contribution in [1.29, 1.82) is 0 Å². The summed E-state index contributed by atoms with van der Waals surface area (Å²) in [5.74, 6) is 0.174. The summed E-state index contributed by atoms with van der Waals surface area (Å²) in [6, 6.07) is 8.65. The smallest absolute Gasteiger partial charge is 0.339 e. The molecule has 0 fully saturated rings. The van der Waals surface area contributed by atoms with Gasteiger partial charge in [-0.3, -0.25) is 4.79 Å². The Bertz CT molecular complexity index is 785. The topological polar surface area (TPSA) is 61.8 Å². The molecule has 0 atom stereocenters. The van der Waals surface area contributed by atoms with Gasteiger partial charge < -0.3 is 14.2 Å². The maximum Gasteiger partial charge on any atom is 0.339 e. The summed E-state index contributed by atoms with van der Waals surface area (Å²) < 4.78 is 15.5. The molecule has 0 radical (unpaired) electrons. The van der Waals surface area contributed by atoms with Crippen LogP contribution < -0.4 is 9.47 Å². The Hall–Kier alpha value is -2.82. The summed E-state index contributed by atoms with van der Waals surface area (Å²) >= 11 is 0. The van der Waals surface area contributed by atoms with Crippen LogP contribution in [0, 0.1) is 20.8 Å². The number of aryl methyl sites for hydroxylation is 3. The molecule has 0 amide bonds. The van der Waals surface area contributed by atoms with Gasteiger partial charge in [0.05, 0.1) is 19.8 Å². The van der Waals surface area contributed by atoms with Gasteiger partial charge in [0.2, 0.25) is 0 Å². The summed E-state index contributed by atoms with van der Waals surface area (Å²) in [5.41, 5.74) is 3.64. The van der Waals surface area contributed by atoms with E-state index in [1.54, 1.807) is 18.2 Å². The fraction of sp³-hybridized carbons (Fsp3) is 0.300. The van der Waals surface area contributed by atoms with E-state index in [0.29, 0.717) is 22.6 Å². The second kappa shape index (κ2) is 7.83. The highest BCUT2D eigenvalue weighted by atomic mass is 16.5. The van der Waals surface area contributed by atoms with E-state index in [0.717, 1.165) is 16.7 Å². The lowest BCUT2D eigenvalue weighted by Gasteiger charge is -2.11. The molecule has 0 heterocycles. The lowest BCUT2D eigenvalue weighted by atomic mass is 10.00. The molecule has 132 valence electrons. The molecule has 0 N–H and O–H groups in total. The van der Waals surface area contributed by atoms with E-state index in [4.69, 9.17) is 14.2 Å². The Morgan fingerprint density at radius 2 is 1.48 bits per heavy atom. The quantitative estimate of drug-likeness (QED) is 0.592. The van der Waals surface area contributed by atoms with E-state index in [2.05, 4.69) is 0 Å². The minimum Gasteiger partial charge on any atom is -0.493 e. The minimum atomic E-state index is -0.496. The fourth-order valence-electron chi connectivity index (χ4n) is 2.80. The Morgan fingerprint density at radius 1 is 0.880 bits per heavy atom. The van der Waals surface area contributed by atoms with Crippen LogP contribution in [0.2, 0.25) is 0 Å². The zero-order valence-electron chi connectivity index (χ0n) is 15.1. The van der Waals surface area contributed by atoms with Gasteiger partial charge in [0.15, 0.2) is 23.9 Å². The SMILES string of the molecule is COc1ccc(C(=O)COC(=O)c2c(C)cc(C)cc2C)cc1OC. The third kappa shape index (κ3) is 4.18. The Balaban J connectivity index is 2.11. The lowest BCUT2D eigenvalue weighted by molar-refractivity contribution is 0.0473. The first-order chi connectivity index (χ1) is 11.9. The molecule has 2 aromatic carbocycles. The molecule has 0 saturated heterocycles. The fourth-order valence-corrected chi connectivity index (χ4v) is 2.80. The highest BCUT2D eigenvalue weighted by Crippen LogP contribution is 2.27. The lowest BCUT2D eigenvalue weighted by Crippen LogP contribution is -2.16. The molecule has 5 heteroatoms. The average molecular weight is 342 g/mol. The van der Waals surface area contributed by atoms with Crippen molar-refractivity contribution in [2.75, 3.05) is 20.8 Å². The third-order valence-electron chi connectivity index (χ3n) is 3.92. The van der Waals surface area contributed by atoms with Gasteiger partial charge in [0.1, 0.15) is 0 Å². The highest BCUT2D eigenvalue weighted by molar-refractivity contribution is 6.00. The number of ether oxygens (including phenoxy) is 3. The van der Waals surface area contributed by atoms with Crippen molar-refractivity contribution in [1.82, 2.24) is 0 Å². The van der Waals surface area contributed by atoms with Gasteiger partial charge in [-0.05, 0) is 50.1 Å². The molecule has 2 aromatic rings. The number of ketones is 1. The monoisotopic (exact) mass is 342 g/mol. The second-order valence-electron chi connectivity index (χ2n) is 5.84. The van der Waals surface area contributed by atoms with Crippen molar-refractivity contribution in [3.05, 3.63) is 58.1 Å². The average Bonchev–Trinajstić information content (AvgIpc) is 2.58. The van der Waals surface area contributed by atoms with Gasteiger partial charge in [-0.15, -0.1) is 0 Å². The van der Waals surface area contributed by atoms with Gasteiger partial charge in [-0.2, -0.15) is 0 Å². The maximum absolute atomic E-state index is 12.3. The van der Waals surface area contributed by atoms with Crippen molar-refractivity contribution < 1.29 is 23.8 Å². The van der Waals surface area contributed by atoms with Crippen LogP contribution in [0.5, 0.6) is 11.5 Å². The van der Waals surface area contributed by atoms with Crippen molar-refractivity contribution in [2.24, 2.45) is 0 Å². The van der Waals surface area contributed by atoms with Crippen molar-refractivity contribution in [2.45, 2.75) is 20.8 Å². The first kappa shape index (κ1) is 18.5. The minimum absolute atomic E-state index is 0.309. The Kier molecular flexibility index (Phi) is 5.80. The summed E-state index contributed by atoms with van der Waals surface area (Å²) in [4.78, 5) is 24.6. The normalized spacial score (nSPS) is 10.3. The standard InChI is InChI=1S/C20H22O5/c1-12-8-13(2)19(14(3)9-12)20(22)25-11-16(21)15-6-7-17(23-4)18(10-15)24-5/h6-10H,11H2,1-5H3. The first-order valence-electron chi connectivity index (χ1n) is 7.87. The number of hydrogen-bond acceptors (Lipinski definition) is 5. The number of hydrogen-bond donors (Lipinski definition) is 0. The van der Waals surface area contributed by atoms with Crippen LogP contribution in [-0.4, -0.2) is 32.6 Å². The zero-order chi connectivity index (χ0) is 18.6. The van der Waals surface area contributed by atoms with E-state index in [1.807, 2.05) is 32.9 Å². The molecule has 0 aliphatic carbocycles. The van der Waals surface area contributed by atoms with E-state index in [-0.39, 0.29) is 12.4 Å². The molecule has 25 heavy (non-hydrogen) atoms. The summed E-state index contributed by atoms with van der Waals surface area (Å²) in [6.45, 7) is 5.34. The van der Waals surface area contributed by atoms with Gasteiger partial charge in [-0.25, -0.2) is 4.79 Å². The molecule has 0 saturated carbocycles. The molecule has 0 spiro atoms. The molecule has 0 unspecified atom stereocenters. The van der Waals surface area contributed by atoms with Crippen LogP contribution in [0.1, 0.15) is 37.4 Å². The maximum atomic E-state index is 12.3. The molecular formula is C20H22O5. The van der Waals surface area contributed by atoms with Crippen LogP contribution in [0.25, 0.3) is 0 Å². The number of carbonyl (C=O) groups is 2. The van der Waals surface area contributed by atoms with Crippen molar-refractivity contribution >= 4 is 11.8 Å². The van der Waals surface area contributed by atoms with Crippen molar-refractivity contribution in [3.63, 3.8) is 0 Å². The van der Waals surface area contributed by atoms with Crippen LogP contribution >= 0.6 is 0 Å². The molecule has 2 rings (SSSR count). The number of esters is 1. The largest absolute Gasteiger partial charge is 0.493 e. The summed E-state index contributed by atoms with van der Waals surface area (Å²) in [7, 11) is 3.02. The van der Waals surface area contributed by atoms with Crippen LogP contribution in [0.3, 0.4) is 0 Å².